The van der Waals surface area contributed by atoms with Crippen molar-refractivity contribution in [3.63, 3.8) is 0 Å². The van der Waals surface area contributed by atoms with E-state index in [1.54, 1.807) is 18.3 Å². The van der Waals surface area contributed by atoms with Gasteiger partial charge in [-0.2, -0.15) is 0 Å². The highest BCUT2D eigenvalue weighted by Crippen LogP contribution is 2.18. The van der Waals surface area contributed by atoms with Gasteiger partial charge in [0.25, 0.3) is 0 Å². The minimum atomic E-state index is 0.181. The van der Waals surface area contributed by atoms with E-state index in [0.717, 1.165) is 5.56 Å². The number of ether oxygens (including phenoxy) is 1. The van der Waals surface area contributed by atoms with Gasteiger partial charge in [-0.15, -0.1) is 5.10 Å². The molecule has 106 valence electrons. The summed E-state index contributed by atoms with van der Waals surface area (Å²) in [5, 5.41) is 10.1. The zero-order chi connectivity index (χ0) is 14.5. The number of rotatable bonds is 5. The number of halogens is 1. The van der Waals surface area contributed by atoms with Crippen molar-refractivity contribution < 1.29 is 4.74 Å². The molecule has 0 amide bonds. The van der Waals surface area contributed by atoms with E-state index >= 15 is 0 Å². The van der Waals surface area contributed by atoms with Crippen LogP contribution in [0.1, 0.15) is 5.56 Å². The number of hydrogen-bond acceptors (Lipinski definition) is 5. The normalized spacial score (nSPS) is 10.3. The summed E-state index contributed by atoms with van der Waals surface area (Å²) in [7, 11) is 0. The molecule has 0 aliphatic rings. The first kappa shape index (κ1) is 13.4. The van der Waals surface area contributed by atoms with Gasteiger partial charge in [-0.25, -0.2) is 9.97 Å². The van der Waals surface area contributed by atoms with Gasteiger partial charge < -0.3 is 10.1 Å². The van der Waals surface area contributed by atoms with Crippen molar-refractivity contribution in [2.75, 3.05) is 5.32 Å². The molecule has 6 nitrogen and oxygen atoms in total. The number of hydrogen-bond donors (Lipinski definition) is 2. The summed E-state index contributed by atoms with van der Waals surface area (Å²) in [5.41, 5.74) is 1.08. The van der Waals surface area contributed by atoms with Crippen LogP contribution in [0.4, 0.5) is 11.6 Å². The highest BCUT2D eigenvalue weighted by Gasteiger charge is 2.04. The molecule has 21 heavy (non-hydrogen) atoms. The van der Waals surface area contributed by atoms with E-state index in [2.05, 4.69) is 25.5 Å². The van der Waals surface area contributed by atoms with E-state index in [1.165, 1.54) is 0 Å². The lowest BCUT2D eigenvalue weighted by Crippen LogP contribution is -1.95. The van der Waals surface area contributed by atoms with Gasteiger partial charge in [-0.05, 0) is 23.2 Å². The summed E-state index contributed by atoms with van der Waals surface area (Å²) >= 11 is 5.72. The summed E-state index contributed by atoms with van der Waals surface area (Å²) in [6.45, 7) is 0.463. The Morgan fingerprint density at radius 2 is 2.05 bits per heavy atom. The number of nitrogens with zero attached hydrogens (tertiary/aromatic N) is 3. The number of benzene rings is 1. The molecule has 0 radical (unpaired) electrons. The van der Waals surface area contributed by atoms with Crippen LogP contribution < -0.4 is 10.1 Å². The molecule has 2 heterocycles. The van der Waals surface area contributed by atoms with Crippen LogP contribution in [0, 0.1) is 0 Å². The Bertz CT molecular complexity index is 716. The van der Waals surface area contributed by atoms with Crippen molar-refractivity contribution in [3.05, 3.63) is 59.5 Å². The Labute approximate surface area is 126 Å². The summed E-state index contributed by atoms with van der Waals surface area (Å²) in [4.78, 5) is 7.84. The van der Waals surface area contributed by atoms with Gasteiger partial charge in [0.1, 0.15) is 18.2 Å². The van der Waals surface area contributed by atoms with Crippen LogP contribution in [-0.4, -0.2) is 20.2 Å². The number of aromatic nitrogens is 4. The third-order valence-corrected chi connectivity index (χ3v) is 2.85. The largest absolute Gasteiger partial charge is 0.472 e. The van der Waals surface area contributed by atoms with Gasteiger partial charge in [-0.1, -0.05) is 30.3 Å². The van der Waals surface area contributed by atoms with E-state index in [4.69, 9.17) is 16.3 Å². The predicted octanol–water partition coefficient (Wildman–Crippen LogP) is 3.18. The van der Waals surface area contributed by atoms with Crippen LogP contribution >= 0.6 is 11.6 Å². The van der Waals surface area contributed by atoms with Crippen LogP contribution in [0.3, 0.4) is 0 Å². The molecule has 0 saturated heterocycles. The fourth-order valence-corrected chi connectivity index (χ4v) is 1.86. The van der Waals surface area contributed by atoms with Gasteiger partial charge in [-0.3, -0.25) is 5.10 Å². The Morgan fingerprint density at radius 3 is 2.86 bits per heavy atom. The molecule has 0 atom stereocenters. The van der Waals surface area contributed by atoms with Gasteiger partial charge >= 0.3 is 0 Å². The van der Waals surface area contributed by atoms with Crippen molar-refractivity contribution in [2.24, 2.45) is 0 Å². The molecule has 2 aromatic heterocycles. The molecule has 0 aliphatic carbocycles. The maximum Gasteiger partial charge on any atom is 0.235 e. The van der Waals surface area contributed by atoms with Gasteiger partial charge in [0.05, 0.1) is 0 Å². The molecule has 3 rings (SSSR count). The second-order valence-electron chi connectivity index (χ2n) is 4.23. The zero-order valence-electron chi connectivity index (χ0n) is 11.0. The highest BCUT2D eigenvalue weighted by atomic mass is 35.5. The lowest BCUT2D eigenvalue weighted by molar-refractivity contribution is 0.293. The van der Waals surface area contributed by atoms with Gasteiger partial charge in [0.2, 0.25) is 11.2 Å². The van der Waals surface area contributed by atoms with Crippen molar-refractivity contribution in [3.8, 4) is 5.88 Å². The topological polar surface area (TPSA) is 75.7 Å². The fourth-order valence-electron chi connectivity index (χ4n) is 1.72. The summed E-state index contributed by atoms with van der Waals surface area (Å²) in [6.07, 6.45) is 1.57. The quantitative estimate of drug-likeness (QED) is 0.708. The lowest BCUT2D eigenvalue weighted by Gasteiger charge is -2.02. The third kappa shape index (κ3) is 3.70. The first-order valence-corrected chi connectivity index (χ1v) is 6.65. The van der Waals surface area contributed by atoms with E-state index in [1.807, 2.05) is 30.3 Å². The van der Waals surface area contributed by atoms with E-state index < -0.39 is 0 Å². The molecular formula is C14H12ClN5O. The number of anilines is 2. The Hall–Kier alpha value is -2.60. The maximum absolute atomic E-state index is 5.72. The van der Waals surface area contributed by atoms with E-state index in [9.17, 15) is 0 Å². The highest BCUT2D eigenvalue weighted by molar-refractivity contribution is 6.28. The first-order valence-electron chi connectivity index (χ1n) is 6.27. The molecule has 3 aromatic rings. The predicted molar refractivity (Wildman–Crippen MR) is 79.7 cm³/mol. The van der Waals surface area contributed by atoms with Crippen molar-refractivity contribution in [2.45, 2.75) is 6.61 Å². The van der Waals surface area contributed by atoms with E-state index in [-0.39, 0.29) is 5.28 Å². The number of aromatic amines is 1. The lowest BCUT2D eigenvalue weighted by atomic mass is 10.2. The van der Waals surface area contributed by atoms with E-state index in [0.29, 0.717) is 24.1 Å². The van der Waals surface area contributed by atoms with Crippen LogP contribution in [0.5, 0.6) is 5.88 Å². The number of H-pyrrole nitrogens is 1. The minimum Gasteiger partial charge on any atom is -0.472 e. The monoisotopic (exact) mass is 301 g/mol. The zero-order valence-corrected chi connectivity index (χ0v) is 11.7. The first-order chi connectivity index (χ1) is 10.3. The van der Waals surface area contributed by atoms with Gasteiger partial charge in [0.15, 0.2) is 0 Å². The molecule has 7 heteroatoms. The minimum absolute atomic E-state index is 0.181. The fraction of sp³-hybridized carbons (Fsp3) is 0.0714. The molecular weight excluding hydrogens is 290 g/mol. The average Bonchev–Trinajstić information content (AvgIpc) is 2.94. The summed E-state index contributed by atoms with van der Waals surface area (Å²) < 4.78 is 5.59. The van der Waals surface area contributed by atoms with Crippen molar-refractivity contribution >= 4 is 23.2 Å². The van der Waals surface area contributed by atoms with Gasteiger partial charge in [0, 0.05) is 12.3 Å². The van der Waals surface area contributed by atoms with Crippen LogP contribution in [0.15, 0.2) is 48.7 Å². The Balaban J connectivity index is 1.61. The second kappa shape index (κ2) is 6.23. The second-order valence-corrected chi connectivity index (χ2v) is 4.57. The maximum atomic E-state index is 5.72. The molecule has 0 aliphatic heterocycles. The summed E-state index contributed by atoms with van der Waals surface area (Å²) in [6, 6.07) is 13.3. The Kier molecular flexibility index (Phi) is 3.97. The van der Waals surface area contributed by atoms with Crippen molar-refractivity contribution in [1.29, 1.82) is 0 Å². The number of nitrogens with one attached hydrogen (secondary N) is 2. The molecule has 0 fully saturated rings. The van der Waals surface area contributed by atoms with Crippen LogP contribution in [-0.2, 0) is 6.61 Å². The standard InChI is InChI=1S/C14H12ClN5O/c15-14-16-7-6-11(18-14)17-12-8-13(20-19-12)21-9-10-4-2-1-3-5-10/h1-8H,9H2,(H2,16,17,18,19,20). The molecule has 0 bridgehead atoms. The Morgan fingerprint density at radius 1 is 1.19 bits per heavy atom. The average molecular weight is 302 g/mol. The third-order valence-electron chi connectivity index (χ3n) is 2.67. The molecule has 1 aromatic carbocycles. The summed E-state index contributed by atoms with van der Waals surface area (Å²) in [5.74, 6) is 1.74. The van der Waals surface area contributed by atoms with Crippen LogP contribution in [0.2, 0.25) is 5.28 Å². The molecule has 0 spiro atoms. The van der Waals surface area contributed by atoms with Crippen LogP contribution in [0.25, 0.3) is 0 Å². The SMILES string of the molecule is Clc1nccc(Nc2cc(OCc3ccccc3)n[nH]2)n1. The molecule has 0 unspecified atom stereocenters. The molecule has 0 saturated carbocycles. The smallest absolute Gasteiger partial charge is 0.235 e. The molecule has 2 N–H and O–H groups in total. The van der Waals surface area contributed by atoms with Crippen molar-refractivity contribution in [1.82, 2.24) is 20.2 Å².